The van der Waals surface area contributed by atoms with Crippen molar-refractivity contribution in [2.24, 2.45) is 0 Å². The Kier molecular flexibility index (Phi) is 3.16. The molecular weight excluding hydrogens is 210 g/mol. The fraction of sp³-hybridized carbons (Fsp3) is 0.444. The van der Waals surface area contributed by atoms with Crippen LogP contribution in [0.3, 0.4) is 0 Å². The second kappa shape index (κ2) is 4.75. The Morgan fingerprint density at radius 3 is 3.06 bits per heavy atom. The average molecular weight is 223 g/mol. The number of nitrogens with one attached hydrogen (secondary N) is 1. The quantitative estimate of drug-likeness (QED) is 0.709. The lowest BCUT2D eigenvalue weighted by molar-refractivity contribution is 0.109. The van der Waals surface area contributed by atoms with Gasteiger partial charge in [-0.3, -0.25) is 5.10 Å². The molecule has 0 radical (unpaired) electrons. The highest BCUT2D eigenvalue weighted by Crippen LogP contribution is 2.20. The maximum Gasteiger partial charge on any atom is 0.229 e. The fourth-order valence-corrected chi connectivity index (χ4v) is 1.28. The summed E-state index contributed by atoms with van der Waals surface area (Å²) < 4.78 is 10.6. The molecule has 0 amide bonds. The number of H-pyrrole nitrogens is 1. The largest absolute Gasteiger partial charge is 0.475 e. The van der Waals surface area contributed by atoms with Gasteiger partial charge in [-0.05, 0) is 6.92 Å². The molecule has 2 aromatic heterocycles. The van der Waals surface area contributed by atoms with Gasteiger partial charge < -0.3 is 15.2 Å². The van der Waals surface area contributed by atoms with Crippen LogP contribution < -0.4 is 10.5 Å². The van der Waals surface area contributed by atoms with E-state index in [2.05, 4.69) is 20.2 Å². The highest BCUT2D eigenvalue weighted by molar-refractivity contribution is 5.80. The molecule has 0 fully saturated rings. The van der Waals surface area contributed by atoms with E-state index in [1.54, 1.807) is 6.20 Å². The van der Waals surface area contributed by atoms with E-state index in [1.807, 2.05) is 6.92 Å². The molecule has 0 aliphatic rings. The minimum atomic E-state index is 0.156. The van der Waals surface area contributed by atoms with Gasteiger partial charge in [-0.2, -0.15) is 15.1 Å². The summed E-state index contributed by atoms with van der Waals surface area (Å²) in [4.78, 5) is 7.98. The van der Waals surface area contributed by atoms with E-state index in [0.717, 1.165) is 0 Å². The normalized spacial score (nSPS) is 10.8. The van der Waals surface area contributed by atoms with Crippen LogP contribution in [0, 0.1) is 0 Å². The lowest BCUT2D eigenvalue weighted by Gasteiger charge is -2.06. The molecule has 2 heterocycles. The fourth-order valence-electron chi connectivity index (χ4n) is 1.28. The van der Waals surface area contributed by atoms with Crippen LogP contribution in [0.4, 0.5) is 5.95 Å². The first-order valence-corrected chi connectivity index (χ1v) is 4.98. The van der Waals surface area contributed by atoms with Gasteiger partial charge in [0.15, 0.2) is 5.65 Å². The highest BCUT2D eigenvalue weighted by atomic mass is 16.5. The Morgan fingerprint density at radius 2 is 2.25 bits per heavy atom. The van der Waals surface area contributed by atoms with Crippen molar-refractivity contribution >= 4 is 17.0 Å². The van der Waals surface area contributed by atoms with Crippen molar-refractivity contribution in [2.75, 3.05) is 25.6 Å². The summed E-state index contributed by atoms with van der Waals surface area (Å²) in [6.45, 7) is 3.53. The number of nitrogens with zero attached hydrogens (tertiary/aromatic N) is 3. The number of hydrogen-bond donors (Lipinski definition) is 2. The summed E-state index contributed by atoms with van der Waals surface area (Å²) in [5, 5.41) is 7.28. The van der Waals surface area contributed by atoms with Gasteiger partial charge in [-0.25, -0.2) is 0 Å². The third-order valence-electron chi connectivity index (χ3n) is 1.96. The van der Waals surface area contributed by atoms with Crippen molar-refractivity contribution in [2.45, 2.75) is 6.92 Å². The molecule has 0 bridgehead atoms. The Labute approximate surface area is 92.0 Å². The van der Waals surface area contributed by atoms with Gasteiger partial charge in [0, 0.05) is 6.61 Å². The summed E-state index contributed by atoms with van der Waals surface area (Å²) in [7, 11) is 0. The molecule has 0 aliphatic carbocycles. The standard InChI is InChI=1S/C9H13N5O2/c1-2-15-3-4-16-8-6-5-11-14-7(6)12-9(10)13-8/h5H,2-4H2,1H3,(H3,10,11,12,13,14). The van der Waals surface area contributed by atoms with E-state index in [-0.39, 0.29) is 5.95 Å². The Balaban J connectivity index is 2.12. The maximum atomic E-state index is 5.53. The molecule has 0 aromatic carbocycles. The molecule has 0 atom stereocenters. The second-order valence-electron chi connectivity index (χ2n) is 3.06. The van der Waals surface area contributed by atoms with Crippen molar-refractivity contribution in [1.82, 2.24) is 20.2 Å². The van der Waals surface area contributed by atoms with Gasteiger partial charge in [0.2, 0.25) is 11.8 Å². The zero-order valence-corrected chi connectivity index (χ0v) is 8.93. The highest BCUT2D eigenvalue weighted by Gasteiger charge is 2.08. The number of aromatic amines is 1. The monoisotopic (exact) mass is 223 g/mol. The number of fused-ring (bicyclic) bond motifs is 1. The smallest absolute Gasteiger partial charge is 0.229 e. The van der Waals surface area contributed by atoms with Gasteiger partial charge in [0.05, 0.1) is 12.8 Å². The van der Waals surface area contributed by atoms with Gasteiger partial charge in [0.1, 0.15) is 12.0 Å². The molecule has 16 heavy (non-hydrogen) atoms. The lowest BCUT2D eigenvalue weighted by Crippen LogP contribution is -2.08. The van der Waals surface area contributed by atoms with Gasteiger partial charge in [-0.15, -0.1) is 0 Å². The molecule has 3 N–H and O–H groups in total. The summed E-state index contributed by atoms with van der Waals surface area (Å²) in [5.41, 5.74) is 6.10. The van der Waals surface area contributed by atoms with Crippen LogP contribution >= 0.6 is 0 Å². The van der Waals surface area contributed by atoms with E-state index in [9.17, 15) is 0 Å². The molecule has 0 unspecified atom stereocenters. The van der Waals surface area contributed by atoms with Gasteiger partial charge >= 0.3 is 0 Å². The van der Waals surface area contributed by atoms with Crippen LogP contribution in [0.15, 0.2) is 6.20 Å². The zero-order chi connectivity index (χ0) is 11.4. The topological polar surface area (TPSA) is 98.9 Å². The van der Waals surface area contributed by atoms with E-state index in [4.69, 9.17) is 15.2 Å². The lowest BCUT2D eigenvalue weighted by atomic mass is 10.4. The molecular formula is C9H13N5O2. The Hall–Kier alpha value is -1.89. The molecule has 86 valence electrons. The molecule has 2 aromatic rings. The third-order valence-corrected chi connectivity index (χ3v) is 1.96. The average Bonchev–Trinajstić information content (AvgIpc) is 2.72. The van der Waals surface area contributed by atoms with E-state index in [1.165, 1.54) is 0 Å². The van der Waals surface area contributed by atoms with Crippen molar-refractivity contribution < 1.29 is 9.47 Å². The second-order valence-corrected chi connectivity index (χ2v) is 3.06. The Morgan fingerprint density at radius 1 is 1.38 bits per heavy atom. The predicted octanol–water partition coefficient (Wildman–Crippen LogP) is 0.350. The number of aromatic nitrogens is 4. The number of nitrogens with two attached hydrogens (primary N) is 1. The van der Waals surface area contributed by atoms with Crippen LogP contribution in [0.2, 0.25) is 0 Å². The number of anilines is 1. The Bertz CT molecular complexity index is 470. The van der Waals surface area contributed by atoms with Crippen LogP contribution in [-0.4, -0.2) is 40.0 Å². The summed E-state index contributed by atoms with van der Waals surface area (Å²) in [6.07, 6.45) is 1.60. The third kappa shape index (κ3) is 2.19. The summed E-state index contributed by atoms with van der Waals surface area (Å²) in [5.74, 6) is 0.583. The van der Waals surface area contributed by atoms with E-state index < -0.39 is 0 Å². The number of hydrogen-bond acceptors (Lipinski definition) is 6. The SMILES string of the molecule is CCOCCOc1nc(N)nc2[nH]ncc12. The first kappa shape index (κ1) is 10.6. The molecule has 0 saturated carbocycles. The summed E-state index contributed by atoms with van der Waals surface area (Å²) in [6, 6.07) is 0. The first-order valence-electron chi connectivity index (χ1n) is 4.98. The minimum absolute atomic E-state index is 0.156. The van der Waals surface area contributed by atoms with Crippen LogP contribution in [0.5, 0.6) is 5.88 Å². The number of nitrogen functional groups attached to an aromatic ring is 1. The van der Waals surface area contributed by atoms with Crippen molar-refractivity contribution in [3.8, 4) is 5.88 Å². The molecule has 0 aliphatic heterocycles. The van der Waals surface area contributed by atoms with E-state index in [0.29, 0.717) is 36.7 Å². The predicted molar refractivity (Wildman–Crippen MR) is 58.1 cm³/mol. The maximum absolute atomic E-state index is 5.53. The van der Waals surface area contributed by atoms with Crippen LogP contribution in [0.1, 0.15) is 6.92 Å². The molecule has 0 saturated heterocycles. The number of ether oxygens (including phenoxy) is 2. The molecule has 7 nitrogen and oxygen atoms in total. The van der Waals surface area contributed by atoms with Gasteiger partial charge in [-0.1, -0.05) is 0 Å². The first-order chi connectivity index (χ1) is 7.81. The minimum Gasteiger partial charge on any atom is -0.475 e. The van der Waals surface area contributed by atoms with E-state index >= 15 is 0 Å². The molecule has 0 spiro atoms. The van der Waals surface area contributed by atoms with Crippen molar-refractivity contribution in [3.63, 3.8) is 0 Å². The molecule has 2 rings (SSSR count). The zero-order valence-electron chi connectivity index (χ0n) is 8.93. The molecule has 7 heteroatoms. The number of rotatable bonds is 5. The van der Waals surface area contributed by atoms with Crippen LogP contribution in [-0.2, 0) is 4.74 Å². The van der Waals surface area contributed by atoms with Gasteiger partial charge in [0.25, 0.3) is 0 Å². The summed E-state index contributed by atoms with van der Waals surface area (Å²) >= 11 is 0. The van der Waals surface area contributed by atoms with Crippen molar-refractivity contribution in [1.29, 1.82) is 0 Å². The van der Waals surface area contributed by atoms with Crippen LogP contribution in [0.25, 0.3) is 11.0 Å². The van der Waals surface area contributed by atoms with Crippen molar-refractivity contribution in [3.05, 3.63) is 6.20 Å².